The molecule has 1 aliphatic rings. The Labute approximate surface area is 61.8 Å². The minimum Gasteiger partial charge on any atom is -0.327 e. The van der Waals surface area contributed by atoms with Gasteiger partial charge in [-0.3, -0.25) is 0 Å². The first-order valence-electron chi connectivity index (χ1n) is 2.98. The molecule has 4 heteroatoms. The summed E-state index contributed by atoms with van der Waals surface area (Å²) in [4.78, 5) is 0. The number of likely N-dealkylation sites (N-methyl/N-ethyl adjacent to an activating group) is 1. The molecule has 0 N–H and O–H groups in total. The lowest BCUT2D eigenvalue weighted by Crippen LogP contribution is -2.24. The van der Waals surface area contributed by atoms with E-state index < -0.39 is 7.65 Å². The molecule has 1 fully saturated rings. The van der Waals surface area contributed by atoms with E-state index >= 15 is 0 Å². The number of halogens is 1. The number of rotatable bonds is 0. The molecule has 1 unspecified atom stereocenters. The van der Waals surface area contributed by atoms with Crippen LogP contribution in [0.4, 0.5) is 0 Å². The lowest BCUT2D eigenvalue weighted by atomic mass is 10.2. The second-order valence-corrected chi connectivity index (χ2v) is 4.51. The van der Waals surface area contributed by atoms with E-state index in [4.69, 9.17) is 15.8 Å². The molecule has 0 bridgehead atoms. The third-order valence-electron chi connectivity index (χ3n) is 1.77. The van der Waals surface area contributed by atoms with Crippen LogP contribution in [0.15, 0.2) is 0 Å². The van der Waals surface area contributed by atoms with Crippen molar-refractivity contribution >= 4 is 18.9 Å². The van der Waals surface area contributed by atoms with E-state index in [0.29, 0.717) is 12.1 Å². The van der Waals surface area contributed by atoms with E-state index in [0.717, 1.165) is 0 Å². The van der Waals surface area contributed by atoms with Gasteiger partial charge in [-0.2, -0.15) is 0 Å². The van der Waals surface area contributed by atoms with Crippen LogP contribution in [0.3, 0.4) is 0 Å². The van der Waals surface area contributed by atoms with Gasteiger partial charge in [-0.1, -0.05) is 0 Å². The Morgan fingerprint density at radius 2 is 2.11 bits per heavy atom. The van der Waals surface area contributed by atoms with Crippen LogP contribution in [-0.2, 0) is 4.52 Å². The van der Waals surface area contributed by atoms with Crippen LogP contribution in [-0.4, -0.2) is 23.9 Å². The third-order valence-corrected chi connectivity index (χ3v) is 4.09. The predicted molar refractivity (Wildman–Crippen MR) is 40.5 cm³/mol. The fraction of sp³-hybridized carbons (Fsp3) is 1.00. The van der Waals surface area contributed by atoms with Gasteiger partial charge in [-0.15, -0.1) is 0 Å². The van der Waals surface area contributed by atoms with E-state index in [1.807, 2.05) is 14.0 Å². The first kappa shape index (κ1) is 7.74. The fourth-order valence-electron chi connectivity index (χ4n) is 0.747. The summed E-state index contributed by atoms with van der Waals surface area (Å²) in [5.41, 5.74) is 0. The summed E-state index contributed by atoms with van der Waals surface area (Å²) in [6, 6.07) is 0.466. The zero-order valence-electron chi connectivity index (χ0n) is 5.84. The van der Waals surface area contributed by atoms with Gasteiger partial charge in [0.15, 0.2) is 0 Å². The number of hydrogen-bond donors (Lipinski definition) is 0. The highest BCUT2D eigenvalue weighted by molar-refractivity contribution is 7.78. The molecule has 0 saturated carbocycles. The third kappa shape index (κ3) is 1.38. The molecule has 9 heavy (non-hydrogen) atoms. The molecule has 1 saturated heterocycles. The maximum Gasteiger partial charge on any atom is 0.207 e. The summed E-state index contributed by atoms with van der Waals surface area (Å²) in [5, 5.41) is 0. The molecule has 1 aliphatic heterocycles. The van der Waals surface area contributed by atoms with Crippen LogP contribution in [0.1, 0.15) is 13.8 Å². The lowest BCUT2D eigenvalue weighted by molar-refractivity contribution is 0.236. The van der Waals surface area contributed by atoms with Gasteiger partial charge in [0.05, 0.1) is 6.10 Å². The average molecular weight is 168 g/mol. The zero-order valence-corrected chi connectivity index (χ0v) is 7.49. The van der Waals surface area contributed by atoms with Gasteiger partial charge < -0.3 is 4.52 Å². The van der Waals surface area contributed by atoms with Crippen molar-refractivity contribution in [3.8, 4) is 0 Å². The Hall–Kier alpha value is 0.640. The molecular formula is C5H11ClNOP. The van der Waals surface area contributed by atoms with Gasteiger partial charge in [0, 0.05) is 6.04 Å². The van der Waals surface area contributed by atoms with E-state index in [-0.39, 0.29) is 0 Å². The quantitative estimate of drug-likeness (QED) is 0.513. The highest BCUT2D eigenvalue weighted by Crippen LogP contribution is 2.53. The molecule has 0 aromatic rings. The van der Waals surface area contributed by atoms with Crippen molar-refractivity contribution in [1.29, 1.82) is 0 Å². The Kier molecular flexibility index (Phi) is 2.33. The van der Waals surface area contributed by atoms with Crippen molar-refractivity contribution < 1.29 is 4.52 Å². The molecule has 0 aromatic carbocycles. The van der Waals surface area contributed by atoms with Crippen molar-refractivity contribution in [3.63, 3.8) is 0 Å². The number of nitrogens with zero attached hydrogens (tertiary/aromatic N) is 1. The minimum atomic E-state index is -0.799. The van der Waals surface area contributed by atoms with Crippen LogP contribution >= 0.6 is 18.9 Å². The Bertz CT molecular complexity index is 101. The molecule has 0 aromatic heterocycles. The van der Waals surface area contributed by atoms with Crippen molar-refractivity contribution in [2.24, 2.45) is 0 Å². The maximum absolute atomic E-state index is 5.82. The standard InChI is InChI=1S/C5H11ClNOP/c1-4-5(2)8-9(6)7(4)3/h4-5H,1-3H3/t4-,5+,9?/m1/s1. The van der Waals surface area contributed by atoms with Crippen LogP contribution in [0.25, 0.3) is 0 Å². The summed E-state index contributed by atoms with van der Waals surface area (Å²) in [6.45, 7) is 4.17. The van der Waals surface area contributed by atoms with Gasteiger partial charge in [-0.25, -0.2) is 4.67 Å². The van der Waals surface area contributed by atoms with E-state index in [9.17, 15) is 0 Å². The summed E-state index contributed by atoms with van der Waals surface area (Å²) in [5.74, 6) is 0. The highest BCUT2D eigenvalue weighted by atomic mass is 35.7. The molecule has 0 amide bonds. The molecule has 2 nitrogen and oxygen atoms in total. The lowest BCUT2D eigenvalue weighted by Gasteiger charge is -2.14. The zero-order chi connectivity index (χ0) is 7.02. The SMILES string of the molecule is C[C@@H]1OP(Cl)N(C)[C@@H]1C. The summed E-state index contributed by atoms with van der Waals surface area (Å²) in [6.07, 6.45) is 0.290. The minimum absolute atomic E-state index is 0.290. The molecule has 0 spiro atoms. The predicted octanol–water partition coefficient (Wildman–Crippen LogP) is 2.19. The van der Waals surface area contributed by atoms with E-state index in [2.05, 4.69) is 11.6 Å². The Balaban J connectivity index is 2.54. The molecule has 1 rings (SSSR count). The smallest absolute Gasteiger partial charge is 0.207 e. The fourth-order valence-corrected chi connectivity index (χ4v) is 2.61. The van der Waals surface area contributed by atoms with Crippen LogP contribution < -0.4 is 0 Å². The van der Waals surface area contributed by atoms with Gasteiger partial charge in [0.25, 0.3) is 0 Å². The van der Waals surface area contributed by atoms with Crippen molar-refractivity contribution in [3.05, 3.63) is 0 Å². The normalized spacial score (nSPS) is 46.0. The molecular weight excluding hydrogens is 156 g/mol. The first-order valence-corrected chi connectivity index (χ1v) is 5.10. The van der Waals surface area contributed by atoms with Crippen molar-refractivity contribution in [2.75, 3.05) is 7.05 Å². The van der Waals surface area contributed by atoms with Crippen LogP contribution in [0, 0.1) is 0 Å². The van der Waals surface area contributed by atoms with Crippen molar-refractivity contribution in [1.82, 2.24) is 4.67 Å². The van der Waals surface area contributed by atoms with Gasteiger partial charge in [-0.05, 0) is 32.1 Å². The Morgan fingerprint density at radius 3 is 2.22 bits per heavy atom. The highest BCUT2D eigenvalue weighted by Gasteiger charge is 2.33. The average Bonchev–Trinajstić information content (AvgIpc) is 1.98. The molecule has 1 heterocycles. The van der Waals surface area contributed by atoms with Gasteiger partial charge >= 0.3 is 0 Å². The molecule has 3 atom stereocenters. The van der Waals surface area contributed by atoms with Crippen LogP contribution in [0.5, 0.6) is 0 Å². The van der Waals surface area contributed by atoms with Gasteiger partial charge in [0.1, 0.15) is 0 Å². The van der Waals surface area contributed by atoms with E-state index in [1.165, 1.54) is 0 Å². The second-order valence-electron chi connectivity index (χ2n) is 2.35. The second kappa shape index (κ2) is 2.71. The first-order chi connectivity index (χ1) is 4.13. The Morgan fingerprint density at radius 1 is 1.56 bits per heavy atom. The number of hydrogen-bond acceptors (Lipinski definition) is 2. The van der Waals surface area contributed by atoms with E-state index in [1.54, 1.807) is 0 Å². The van der Waals surface area contributed by atoms with Gasteiger partial charge in [0.2, 0.25) is 7.65 Å². The monoisotopic (exact) mass is 167 g/mol. The molecule has 0 aliphatic carbocycles. The summed E-state index contributed by atoms with van der Waals surface area (Å²) >= 11 is 5.82. The van der Waals surface area contributed by atoms with Crippen LogP contribution in [0.2, 0.25) is 0 Å². The molecule has 54 valence electrons. The summed E-state index contributed by atoms with van der Waals surface area (Å²) in [7, 11) is 1.19. The van der Waals surface area contributed by atoms with Crippen molar-refractivity contribution in [2.45, 2.75) is 26.0 Å². The largest absolute Gasteiger partial charge is 0.327 e. The maximum atomic E-state index is 5.82. The molecule has 0 radical (unpaired) electrons. The summed E-state index contributed by atoms with van der Waals surface area (Å²) < 4.78 is 7.41. The topological polar surface area (TPSA) is 12.5 Å².